The number of rotatable bonds is 4. The molecule has 0 aromatic heterocycles. The standard InChI is InChI=1S/C10H13N.C5H12.C4H9NS/c1-8(2)9-4-6-10(11-3)7-5-9;1-5(2,3)4;1-4(2)5-3-6/h4-7,11H,1H2,2-3H3;1-4H3;3-4H,1-2H3,(H,5,6). The SMILES string of the molecule is C=C(C)c1ccc(NC)cc1.CC(C)(C)C.CC(C)NC=S. The zero-order chi connectivity index (χ0) is 17.8. The van der Waals surface area contributed by atoms with Crippen molar-refractivity contribution < 1.29 is 0 Å². The van der Waals surface area contributed by atoms with E-state index in [-0.39, 0.29) is 0 Å². The molecule has 3 heteroatoms. The van der Waals surface area contributed by atoms with Gasteiger partial charge in [0.05, 0.1) is 5.49 Å². The molecule has 0 bridgehead atoms. The Bertz CT molecular complexity index is 408. The van der Waals surface area contributed by atoms with E-state index in [0.29, 0.717) is 11.5 Å². The zero-order valence-electron chi connectivity index (χ0n) is 15.6. The van der Waals surface area contributed by atoms with E-state index in [1.807, 2.05) is 40.0 Å². The van der Waals surface area contributed by atoms with Crippen LogP contribution in [-0.2, 0) is 0 Å². The molecule has 0 amide bonds. The van der Waals surface area contributed by atoms with Crippen molar-refractivity contribution in [3.05, 3.63) is 36.4 Å². The number of hydrogen-bond acceptors (Lipinski definition) is 2. The van der Waals surface area contributed by atoms with Crippen LogP contribution in [0.5, 0.6) is 0 Å². The van der Waals surface area contributed by atoms with Crippen LogP contribution in [0.15, 0.2) is 30.8 Å². The quantitative estimate of drug-likeness (QED) is 0.690. The van der Waals surface area contributed by atoms with Gasteiger partial charge in [0, 0.05) is 18.8 Å². The Morgan fingerprint density at radius 2 is 1.55 bits per heavy atom. The van der Waals surface area contributed by atoms with Crippen LogP contribution < -0.4 is 10.6 Å². The molecule has 22 heavy (non-hydrogen) atoms. The maximum absolute atomic E-state index is 4.49. The average Bonchev–Trinajstić information content (AvgIpc) is 2.37. The smallest absolute Gasteiger partial charge is 0.0616 e. The Morgan fingerprint density at radius 1 is 1.14 bits per heavy atom. The van der Waals surface area contributed by atoms with Crippen molar-refractivity contribution >= 4 is 29.0 Å². The van der Waals surface area contributed by atoms with E-state index < -0.39 is 0 Å². The van der Waals surface area contributed by atoms with Gasteiger partial charge in [-0.15, -0.1) is 0 Å². The Kier molecular flexibility index (Phi) is 12.7. The second-order valence-corrected chi connectivity index (χ2v) is 7.28. The van der Waals surface area contributed by atoms with Gasteiger partial charge in [0.25, 0.3) is 0 Å². The van der Waals surface area contributed by atoms with E-state index in [0.717, 1.165) is 11.3 Å². The molecule has 0 saturated carbocycles. The molecule has 0 aliphatic carbocycles. The Labute approximate surface area is 143 Å². The maximum atomic E-state index is 4.49. The summed E-state index contributed by atoms with van der Waals surface area (Å²) in [4.78, 5) is 0. The number of thiocarbonyl (C=S) groups is 1. The Balaban J connectivity index is 0. The van der Waals surface area contributed by atoms with Gasteiger partial charge < -0.3 is 10.6 Å². The van der Waals surface area contributed by atoms with E-state index in [2.05, 4.69) is 69.3 Å². The van der Waals surface area contributed by atoms with Gasteiger partial charge in [-0.2, -0.15) is 0 Å². The Morgan fingerprint density at radius 3 is 1.73 bits per heavy atom. The monoisotopic (exact) mass is 322 g/mol. The Hall–Kier alpha value is -1.35. The number of benzene rings is 1. The van der Waals surface area contributed by atoms with Crippen LogP contribution in [0, 0.1) is 5.41 Å². The summed E-state index contributed by atoms with van der Waals surface area (Å²) in [6.07, 6.45) is 0. The molecule has 1 rings (SSSR count). The maximum Gasteiger partial charge on any atom is 0.0616 e. The van der Waals surface area contributed by atoms with Crippen LogP contribution in [-0.4, -0.2) is 18.6 Å². The van der Waals surface area contributed by atoms with Gasteiger partial charge in [0.1, 0.15) is 0 Å². The van der Waals surface area contributed by atoms with Crippen LogP contribution in [0.3, 0.4) is 0 Å². The van der Waals surface area contributed by atoms with Crippen molar-refractivity contribution in [2.75, 3.05) is 12.4 Å². The third-order valence-electron chi connectivity index (χ3n) is 2.07. The molecule has 0 fully saturated rings. The minimum absolute atomic E-state index is 0.488. The predicted octanol–water partition coefficient (Wildman–Crippen LogP) is 5.76. The molecule has 2 nitrogen and oxygen atoms in total. The summed E-state index contributed by atoms with van der Waals surface area (Å²) >= 11 is 4.49. The summed E-state index contributed by atoms with van der Waals surface area (Å²) in [5.74, 6) is 0. The molecular weight excluding hydrogens is 288 g/mol. The summed E-state index contributed by atoms with van der Waals surface area (Å²) in [5.41, 5.74) is 5.47. The lowest BCUT2D eigenvalue weighted by molar-refractivity contribution is 0.469. The van der Waals surface area contributed by atoms with Gasteiger partial charge in [-0.25, -0.2) is 0 Å². The lowest BCUT2D eigenvalue weighted by atomic mass is 10.0. The van der Waals surface area contributed by atoms with E-state index in [4.69, 9.17) is 0 Å². The second kappa shape index (κ2) is 12.2. The normalized spacial score (nSPS) is 9.68. The largest absolute Gasteiger partial charge is 0.388 e. The van der Waals surface area contributed by atoms with Crippen LogP contribution in [0.1, 0.15) is 54.0 Å². The van der Waals surface area contributed by atoms with E-state index in [9.17, 15) is 0 Å². The molecule has 0 unspecified atom stereocenters. The average molecular weight is 323 g/mol. The van der Waals surface area contributed by atoms with Crippen LogP contribution in [0.2, 0.25) is 0 Å². The molecule has 1 aromatic rings. The van der Waals surface area contributed by atoms with Crippen LogP contribution in [0.4, 0.5) is 5.69 Å². The van der Waals surface area contributed by atoms with Gasteiger partial charge in [-0.1, -0.05) is 64.2 Å². The highest BCUT2D eigenvalue weighted by molar-refractivity contribution is 7.78. The van der Waals surface area contributed by atoms with Crippen molar-refractivity contribution in [1.29, 1.82) is 0 Å². The molecular formula is C19H34N2S. The highest BCUT2D eigenvalue weighted by Gasteiger charge is 1.95. The van der Waals surface area contributed by atoms with Crippen molar-refractivity contribution in [3.63, 3.8) is 0 Å². The fourth-order valence-electron chi connectivity index (χ4n) is 1.06. The lowest BCUT2D eigenvalue weighted by Gasteiger charge is -2.05. The molecule has 1 aromatic carbocycles. The summed E-state index contributed by atoms with van der Waals surface area (Å²) in [6.45, 7) is 18.7. The van der Waals surface area contributed by atoms with Crippen LogP contribution in [0.25, 0.3) is 5.57 Å². The molecule has 0 atom stereocenters. The molecule has 126 valence electrons. The molecule has 0 aliphatic rings. The summed E-state index contributed by atoms with van der Waals surface area (Å²) in [7, 11) is 1.91. The molecule has 0 spiro atoms. The minimum Gasteiger partial charge on any atom is -0.388 e. The fraction of sp³-hybridized carbons (Fsp3) is 0.526. The van der Waals surface area contributed by atoms with Gasteiger partial charge in [0.2, 0.25) is 0 Å². The number of allylic oxidation sites excluding steroid dienone is 1. The van der Waals surface area contributed by atoms with E-state index in [1.54, 1.807) is 0 Å². The molecule has 0 radical (unpaired) electrons. The van der Waals surface area contributed by atoms with Crippen molar-refractivity contribution in [3.8, 4) is 0 Å². The number of hydrogen-bond donors (Lipinski definition) is 2. The van der Waals surface area contributed by atoms with Crippen molar-refractivity contribution in [2.24, 2.45) is 5.41 Å². The molecule has 0 heterocycles. The van der Waals surface area contributed by atoms with Gasteiger partial charge in [-0.3, -0.25) is 0 Å². The second-order valence-electron chi connectivity index (χ2n) is 7.05. The highest BCUT2D eigenvalue weighted by atomic mass is 32.1. The van der Waals surface area contributed by atoms with E-state index >= 15 is 0 Å². The van der Waals surface area contributed by atoms with Crippen molar-refractivity contribution in [2.45, 2.75) is 54.5 Å². The number of anilines is 1. The minimum atomic E-state index is 0.488. The first kappa shape index (κ1) is 22.9. The van der Waals surface area contributed by atoms with Crippen LogP contribution >= 0.6 is 12.2 Å². The predicted molar refractivity (Wildman–Crippen MR) is 108 cm³/mol. The third kappa shape index (κ3) is 18.7. The molecule has 0 saturated heterocycles. The first-order chi connectivity index (χ1) is 10.0. The highest BCUT2D eigenvalue weighted by Crippen LogP contribution is 2.14. The third-order valence-corrected chi connectivity index (χ3v) is 2.20. The molecule has 2 N–H and O–H groups in total. The van der Waals surface area contributed by atoms with E-state index in [1.165, 1.54) is 11.1 Å². The summed E-state index contributed by atoms with van der Waals surface area (Å²) in [5, 5.41) is 5.96. The fourth-order valence-corrected chi connectivity index (χ4v) is 1.33. The van der Waals surface area contributed by atoms with Gasteiger partial charge >= 0.3 is 0 Å². The zero-order valence-corrected chi connectivity index (χ0v) is 16.4. The van der Waals surface area contributed by atoms with Gasteiger partial charge in [0.15, 0.2) is 0 Å². The molecule has 0 aliphatic heterocycles. The summed E-state index contributed by atoms with van der Waals surface area (Å²) < 4.78 is 0. The first-order valence-corrected chi connectivity index (χ1v) is 8.11. The lowest BCUT2D eigenvalue weighted by Crippen LogP contribution is -2.18. The summed E-state index contributed by atoms with van der Waals surface area (Å²) in [6, 6.07) is 8.71. The van der Waals surface area contributed by atoms with Gasteiger partial charge in [-0.05, 0) is 43.9 Å². The first-order valence-electron chi connectivity index (χ1n) is 7.64. The number of nitrogens with one attached hydrogen (secondary N) is 2. The van der Waals surface area contributed by atoms with Crippen molar-refractivity contribution in [1.82, 2.24) is 5.32 Å². The topological polar surface area (TPSA) is 24.1 Å².